The zero-order valence-electron chi connectivity index (χ0n) is 15.7. The van der Waals surface area contributed by atoms with Crippen molar-refractivity contribution in [3.05, 3.63) is 23.7 Å². The molecule has 136 valence electrons. The first-order valence-electron chi connectivity index (χ1n) is 9.89. The third-order valence-corrected chi connectivity index (χ3v) is 5.37. The smallest absolute Gasteiger partial charge is 0.314 e. The van der Waals surface area contributed by atoms with Crippen molar-refractivity contribution < 1.29 is 14.3 Å². The zero-order chi connectivity index (χ0) is 17.4. The van der Waals surface area contributed by atoms with Gasteiger partial charge in [-0.25, -0.2) is 0 Å². The lowest BCUT2D eigenvalue weighted by Gasteiger charge is -2.28. The molecule has 0 saturated heterocycles. The van der Waals surface area contributed by atoms with Crippen LogP contribution in [0.1, 0.15) is 78.6 Å². The maximum Gasteiger partial charge on any atom is 0.314 e. The van der Waals surface area contributed by atoms with Crippen LogP contribution >= 0.6 is 0 Å². The lowest BCUT2D eigenvalue weighted by atomic mass is 9.80. The number of unbranched alkanes of at least 4 members (excludes halogenated alkanes) is 2. The van der Waals surface area contributed by atoms with Gasteiger partial charge in [0.05, 0.1) is 18.3 Å². The van der Waals surface area contributed by atoms with E-state index in [-0.39, 0.29) is 17.8 Å². The SMILES string of the molecule is CCCCCC1CCC(C(=O)OC2=CC=C(OCC)CC2C)CC1. The van der Waals surface area contributed by atoms with E-state index >= 15 is 0 Å². The zero-order valence-corrected chi connectivity index (χ0v) is 15.7. The van der Waals surface area contributed by atoms with Crippen LogP contribution in [-0.4, -0.2) is 12.6 Å². The van der Waals surface area contributed by atoms with Crippen molar-refractivity contribution in [1.29, 1.82) is 0 Å². The highest BCUT2D eigenvalue weighted by atomic mass is 16.5. The Kier molecular flexibility index (Phi) is 7.87. The molecule has 3 nitrogen and oxygen atoms in total. The number of hydrogen-bond acceptors (Lipinski definition) is 3. The summed E-state index contributed by atoms with van der Waals surface area (Å²) in [6.45, 7) is 7.02. The van der Waals surface area contributed by atoms with Crippen molar-refractivity contribution >= 4 is 5.97 Å². The van der Waals surface area contributed by atoms with Gasteiger partial charge in [-0.2, -0.15) is 0 Å². The summed E-state index contributed by atoms with van der Waals surface area (Å²) >= 11 is 0. The second-order valence-corrected chi connectivity index (χ2v) is 7.37. The number of hydrogen-bond donors (Lipinski definition) is 0. The number of esters is 1. The van der Waals surface area contributed by atoms with E-state index in [0.717, 1.165) is 36.7 Å². The molecule has 2 aliphatic carbocycles. The van der Waals surface area contributed by atoms with Crippen LogP contribution in [-0.2, 0) is 14.3 Å². The first kappa shape index (κ1) is 19.1. The molecule has 0 aromatic heterocycles. The summed E-state index contributed by atoms with van der Waals surface area (Å²) in [4.78, 5) is 12.5. The monoisotopic (exact) mass is 334 g/mol. The van der Waals surface area contributed by atoms with Crippen LogP contribution in [0.3, 0.4) is 0 Å². The molecule has 2 aliphatic rings. The van der Waals surface area contributed by atoms with E-state index < -0.39 is 0 Å². The third-order valence-electron chi connectivity index (χ3n) is 5.37. The van der Waals surface area contributed by atoms with Crippen molar-refractivity contribution in [2.24, 2.45) is 17.8 Å². The Balaban J connectivity index is 1.77. The van der Waals surface area contributed by atoms with Crippen molar-refractivity contribution in [3.63, 3.8) is 0 Å². The molecule has 24 heavy (non-hydrogen) atoms. The molecule has 1 atom stereocenters. The van der Waals surface area contributed by atoms with Gasteiger partial charge in [-0.05, 0) is 50.7 Å². The van der Waals surface area contributed by atoms with E-state index in [9.17, 15) is 4.79 Å². The molecule has 0 bridgehead atoms. The number of carbonyl (C=O) groups is 1. The fourth-order valence-electron chi connectivity index (χ4n) is 3.81. The van der Waals surface area contributed by atoms with Crippen LogP contribution in [0.25, 0.3) is 0 Å². The first-order chi connectivity index (χ1) is 11.6. The lowest BCUT2D eigenvalue weighted by molar-refractivity contribution is -0.146. The van der Waals surface area contributed by atoms with Crippen LogP contribution < -0.4 is 0 Å². The molecule has 3 heteroatoms. The molecular weight excluding hydrogens is 300 g/mol. The summed E-state index contributed by atoms with van der Waals surface area (Å²) < 4.78 is 11.3. The number of rotatable bonds is 8. The Morgan fingerprint density at radius 1 is 1.12 bits per heavy atom. The molecule has 0 N–H and O–H groups in total. The van der Waals surface area contributed by atoms with Gasteiger partial charge in [-0.1, -0.05) is 39.5 Å². The standard InChI is InChI=1S/C21H34O3/c1-4-6-7-8-17-9-11-18(12-10-17)21(22)24-20-14-13-19(23-5-2)15-16(20)3/h13-14,16-18H,4-12,15H2,1-3H3. The van der Waals surface area contributed by atoms with Crippen LogP contribution in [0.2, 0.25) is 0 Å². The molecule has 0 aromatic rings. The number of carbonyl (C=O) groups excluding carboxylic acids is 1. The summed E-state index contributed by atoms with van der Waals surface area (Å²) in [7, 11) is 0. The fourth-order valence-corrected chi connectivity index (χ4v) is 3.81. The average molecular weight is 335 g/mol. The molecule has 2 rings (SSSR count). The molecule has 0 spiro atoms. The van der Waals surface area contributed by atoms with Crippen molar-refractivity contribution in [2.45, 2.75) is 78.6 Å². The number of ether oxygens (including phenoxy) is 2. The highest BCUT2D eigenvalue weighted by Gasteiger charge is 2.29. The van der Waals surface area contributed by atoms with Crippen molar-refractivity contribution in [1.82, 2.24) is 0 Å². The Hall–Kier alpha value is -1.25. The van der Waals surface area contributed by atoms with E-state index in [1.807, 2.05) is 19.1 Å². The highest BCUT2D eigenvalue weighted by molar-refractivity contribution is 5.73. The summed E-state index contributed by atoms with van der Waals surface area (Å²) in [6, 6.07) is 0. The maximum atomic E-state index is 12.5. The largest absolute Gasteiger partial charge is 0.498 e. The lowest BCUT2D eigenvalue weighted by Crippen LogP contribution is -2.25. The predicted molar refractivity (Wildman–Crippen MR) is 97.3 cm³/mol. The topological polar surface area (TPSA) is 35.5 Å². The van der Waals surface area contributed by atoms with Crippen LogP contribution in [0.15, 0.2) is 23.7 Å². The van der Waals surface area contributed by atoms with E-state index in [1.54, 1.807) is 0 Å². The van der Waals surface area contributed by atoms with Crippen LogP contribution in [0, 0.1) is 17.8 Å². The highest BCUT2D eigenvalue weighted by Crippen LogP contribution is 2.34. The van der Waals surface area contributed by atoms with Gasteiger partial charge in [0.25, 0.3) is 0 Å². The van der Waals surface area contributed by atoms with Gasteiger partial charge in [0.2, 0.25) is 0 Å². The summed E-state index contributed by atoms with van der Waals surface area (Å²) in [5, 5.41) is 0. The molecule has 1 fully saturated rings. The van der Waals surface area contributed by atoms with E-state index in [0.29, 0.717) is 6.61 Å². The summed E-state index contributed by atoms with van der Waals surface area (Å²) in [6.07, 6.45) is 14.3. The first-order valence-corrected chi connectivity index (χ1v) is 9.89. The fraction of sp³-hybridized carbons (Fsp3) is 0.762. The molecule has 1 unspecified atom stereocenters. The molecular formula is C21H34O3. The van der Waals surface area contributed by atoms with E-state index in [1.165, 1.54) is 38.5 Å². The summed E-state index contributed by atoms with van der Waals surface area (Å²) in [5.74, 6) is 2.90. The molecule has 0 radical (unpaired) electrons. The molecule has 0 amide bonds. The van der Waals surface area contributed by atoms with Gasteiger partial charge in [0.15, 0.2) is 0 Å². The molecule has 0 aliphatic heterocycles. The van der Waals surface area contributed by atoms with Crippen molar-refractivity contribution in [3.8, 4) is 0 Å². The molecule has 0 heterocycles. The van der Waals surface area contributed by atoms with Crippen molar-refractivity contribution in [2.75, 3.05) is 6.61 Å². The Morgan fingerprint density at radius 3 is 2.50 bits per heavy atom. The third kappa shape index (κ3) is 5.68. The average Bonchev–Trinajstić information content (AvgIpc) is 2.58. The normalized spacial score (nSPS) is 27.2. The van der Waals surface area contributed by atoms with E-state index in [2.05, 4.69) is 13.8 Å². The van der Waals surface area contributed by atoms with Gasteiger partial charge in [-0.3, -0.25) is 4.79 Å². The van der Waals surface area contributed by atoms with Crippen LogP contribution in [0.4, 0.5) is 0 Å². The van der Waals surface area contributed by atoms with Gasteiger partial charge in [-0.15, -0.1) is 0 Å². The predicted octanol–water partition coefficient (Wildman–Crippen LogP) is 5.76. The van der Waals surface area contributed by atoms with Crippen LogP contribution in [0.5, 0.6) is 0 Å². The minimum Gasteiger partial charge on any atom is -0.498 e. The van der Waals surface area contributed by atoms with Gasteiger partial charge >= 0.3 is 5.97 Å². The second kappa shape index (κ2) is 9.90. The molecule has 0 aromatic carbocycles. The Bertz CT molecular complexity index is 456. The minimum atomic E-state index is -0.0200. The van der Waals surface area contributed by atoms with Gasteiger partial charge < -0.3 is 9.47 Å². The Labute approximate surface area is 147 Å². The van der Waals surface area contributed by atoms with Gasteiger partial charge in [0.1, 0.15) is 5.76 Å². The molecule has 1 saturated carbocycles. The summed E-state index contributed by atoms with van der Waals surface area (Å²) in [5.41, 5.74) is 0. The quantitative estimate of drug-likeness (QED) is 0.418. The van der Waals surface area contributed by atoms with E-state index in [4.69, 9.17) is 9.47 Å². The minimum absolute atomic E-state index is 0.0200. The maximum absolute atomic E-state index is 12.5. The second-order valence-electron chi connectivity index (χ2n) is 7.37. The number of allylic oxidation sites excluding steroid dienone is 4. The van der Waals surface area contributed by atoms with Gasteiger partial charge in [0, 0.05) is 12.3 Å². The Morgan fingerprint density at radius 2 is 1.88 bits per heavy atom.